The van der Waals surface area contributed by atoms with E-state index in [9.17, 15) is 5.11 Å². The second-order valence-corrected chi connectivity index (χ2v) is 3.69. The van der Waals surface area contributed by atoms with Gasteiger partial charge in [0.15, 0.2) is 0 Å². The molecule has 2 heterocycles. The number of nitrogens with one attached hydrogen (secondary N) is 1. The zero-order chi connectivity index (χ0) is 11.0. The standard InChI is InChI=1S/C13H10N2O/c16-12-3-1-9(2-4-12)11-7-10-5-6-14-13(10)15-8-11/h1-8,16H,(H,14,15). The molecule has 0 fully saturated rings. The largest absolute Gasteiger partial charge is 0.508 e. The zero-order valence-electron chi connectivity index (χ0n) is 8.51. The van der Waals surface area contributed by atoms with Crippen LogP contribution < -0.4 is 0 Å². The summed E-state index contributed by atoms with van der Waals surface area (Å²) in [4.78, 5) is 7.38. The molecule has 0 aliphatic rings. The minimum atomic E-state index is 0.277. The Bertz CT molecular complexity index is 626. The third-order valence-electron chi connectivity index (χ3n) is 2.60. The van der Waals surface area contributed by atoms with Gasteiger partial charge in [0.25, 0.3) is 0 Å². The lowest BCUT2D eigenvalue weighted by molar-refractivity contribution is 0.475. The maximum absolute atomic E-state index is 9.22. The summed E-state index contributed by atoms with van der Waals surface area (Å²) < 4.78 is 0. The van der Waals surface area contributed by atoms with E-state index in [1.165, 1.54) is 0 Å². The van der Waals surface area contributed by atoms with Crippen LogP contribution in [0.25, 0.3) is 22.2 Å². The summed E-state index contributed by atoms with van der Waals surface area (Å²) in [6.45, 7) is 0. The van der Waals surface area contributed by atoms with Gasteiger partial charge in [-0.1, -0.05) is 12.1 Å². The van der Waals surface area contributed by atoms with Crippen molar-refractivity contribution in [3.63, 3.8) is 0 Å². The first-order chi connectivity index (χ1) is 7.83. The van der Waals surface area contributed by atoms with Gasteiger partial charge in [-0.15, -0.1) is 0 Å². The summed E-state index contributed by atoms with van der Waals surface area (Å²) in [6.07, 6.45) is 3.70. The molecule has 16 heavy (non-hydrogen) atoms. The van der Waals surface area contributed by atoms with Crippen LogP contribution in [0.1, 0.15) is 0 Å². The van der Waals surface area contributed by atoms with Gasteiger partial charge in [0.2, 0.25) is 0 Å². The molecule has 3 heteroatoms. The van der Waals surface area contributed by atoms with E-state index in [-0.39, 0.29) is 5.75 Å². The summed E-state index contributed by atoms with van der Waals surface area (Å²) in [5, 5.41) is 10.3. The summed E-state index contributed by atoms with van der Waals surface area (Å²) in [7, 11) is 0. The zero-order valence-corrected chi connectivity index (χ0v) is 8.51. The third-order valence-corrected chi connectivity index (χ3v) is 2.60. The van der Waals surface area contributed by atoms with Crippen molar-refractivity contribution in [2.75, 3.05) is 0 Å². The molecule has 78 valence electrons. The topological polar surface area (TPSA) is 48.9 Å². The molecular weight excluding hydrogens is 200 g/mol. The van der Waals surface area contributed by atoms with Crippen LogP contribution in [0.4, 0.5) is 0 Å². The fraction of sp³-hybridized carbons (Fsp3) is 0. The van der Waals surface area contributed by atoms with Crippen molar-refractivity contribution in [2.24, 2.45) is 0 Å². The number of phenols is 1. The van der Waals surface area contributed by atoms with Gasteiger partial charge in [-0.05, 0) is 29.8 Å². The van der Waals surface area contributed by atoms with Gasteiger partial charge >= 0.3 is 0 Å². The average molecular weight is 210 g/mol. The van der Waals surface area contributed by atoms with Gasteiger partial charge in [0, 0.05) is 23.3 Å². The number of phenolic OH excluding ortho intramolecular Hbond substituents is 1. The van der Waals surface area contributed by atoms with E-state index in [1.54, 1.807) is 12.1 Å². The number of aromatic nitrogens is 2. The third kappa shape index (κ3) is 1.42. The van der Waals surface area contributed by atoms with Gasteiger partial charge in [0.1, 0.15) is 11.4 Å². The summed E-state index contributed by atoms with van der Waals surface area (Å²) in [6, 6.07) is 11.2. The molecule has 0 saturated heterocycles. The fourth-order valence-corrected chi connectivity index (χ4v) is 1.75. The Hall–Kier alpha value is -2.29. The van der Waals surface area contributed by atoms with E-state index < -0.39 is 0 Å². The minimum absolute atomic E-state index is 0.277. The van der Waals surface area contributed by atoms with Crippen LogP contribution in [0.3, 0.4) is 0 Å². The summed E-state index contributed by atoms with van der Waals surface area (Å²) >= 11 is 0. The molecule has 0 aliphatic carbocycles. The quantitative estimate of drug-likeness (QED) is 0.648. The van der Waals surface area contributed by atoms with Crippen LogP contribution in [-0.2, 0) is 0 Å². The fourth-order valence-electron chi connectivity index (χ4n) is 1.75. The van der Waals surface area contributed by atoms with Crippen LogP contribution >= 0.6 is 0 Å². The molecule has 0 atom stereocenters. The lowest BCUT2D eigenvalue weighted by Crippen LogP contribution is -1.81. The first kappa shape index (κ1) is 8.97. The molecule has 0 unspecified atom stereocenters. The number of hydrogen-bond acceptors (Lipinski definition) is 2. The highest BCUT2D eigenvalue weighted by Gasteiger charge is 2.01. The first-order valence-electron chi connectivity index (χ1n) is 5.05. The number of fused-ring (bicyclic) bond motifs is 1. The highest BCUT2D eigenvalue weighted by molar-refractivity contribution is 5.81. The van der Waals surface area contributed by atoms with E-state index in [4.69, 9.17) is 0 Å². The number of benzene rings is 1. The van der Waals surface area contributed by atoms with E-state index in [2.05, 4.69) is 16.0 Å². The molecule has 0 saturated carbocycles. The van der Waals surface area contributed by atoms with E-state index >= 15 is 0 Å². The number of nitrogens with zero attached hydrogens (tertiary/aromatic N) is 1. The summed E-state index contributed by atoms with van der Waals surface area (Å²) in [5.41, 5.74) is 2.99. The maximum atomic E-state index is 9.22. The van der Waals surface area contributed by atoms with E-state index in [1.807, 2.05) is 30.6 Å². The molecule has 3 aromatic rings. The Morgan fingerprint density at radius 1 is 1.00 bits per heavy atom. The highest BCUT2D eigenvalue weighted by atomic mass is 16.3. The van der Waals surface area contributed by atoms with Crippen molar-refractivity contribution in [2.45, 2.75) is 0 Å². The van der Waals surface area contributed by atoms with Crippen molar-refractivity contribution in [1.82, 2.24) is 9.97 Å². The van der Waals surface area contributed by atoms with E-state index in [0.29, 0.717) is 0 Å². The molecule has 2 aromatic heterocycles. The predicted molar refractivity (Wildman–Crippen MR) is 63.2 cm³/mol. The van der Waals surface area contributed by atoms with Crippen LogP contribution in [0.2, 0.25) is 0 Å². The Kier molecular flexibility index (Phi) is 1.90. The molecular formula is C13H10N2O. The van der Waals surface area contributed by atoms with Crippen LogP contribution in [0.5, 0.6) is 5.75 Å². The second kappa shape index (κ2) is 3.38. The van der Waals surface area contributed by atoms with Crippen molar-refractivity contribution < 1.29 is 5.11 Å². The summed E-state index contributed by atoms with van der Waals surface area (Å²) in [5.74, 6) is 0.277. The molecule has 0 bridgehead atoms. The Balaban J connectivity index is 2.14. The van der Waals surface area contributed by atoms with Gasteiger partial charge < -0.3 is 10.1 Å². The predicted octanol–water partition coefficient (Wildman–Crippen LogP) is 2.94. The number of H-pyrrole nitrogens is 1. The lowest BCUT2D eigenvalue weighted by Gasteiger charge is -2.01. The number of hydrogen-bond donors (Lipinski definition) is 2. The van der Waals surface area contributed by atoms with Crippen molar-refractivity contribution >= 4 is 11.0 Å². The van der Waals surface area contributed by atoms with Crippen molar-refractivity contribution in [3.8, 4) is 16.9 Å². The molecule has 3 nitrogen and oxygen atoms in total. The van der Waals surface area contributed by atoms with Gasteiger partial charge in [-0.3, -0.25) is 0 Å². The molecule has 3 rings (SSSR count). The molecule has 0 amide bonds. The lowest BCUT2D eigenvalue weighted by atomic mass is 10.1. The maximum Gasteiger partial charge on any atom is 0.137 e. The normalized spacial score (nSPS) is 10.8. The molecule has 0 radical (unpaired) electrons. The number of aromatic hydroxyl groups is 1. The van der Waals surface area contributed by atoms with Gasteiger partial charge in [0.05, 0.1) is 0 Å². The van der Waals surface area contributed by atoms with Crippen molar-refractivity contribution in [1.29, 1.82) is 0 Å². The Morgan fingerprint density at radius 3 is 2.62 bits per heavy atom. The van der Waals surface area contributed by atoms with Crippen molar-refractivity contribution in [3.05, 3.63) is 48.8 Å². The first-order valence-corrected chi connectivity index (χ1v) is 5.05. The molecule has 0 spiro atoms. The Labute approximate surface area is 92.4 Å². The molecule has 0 aliphatic heterocycles. The average Bonchev–Trinajstić information content (AvgIpc) is 2.77. The second-order valence-electron chi connectivity index (χ2n) is 3.69. The van der Waals surface area contributed by atoms with Crippen LogP contribution in [0.15, 0.2) is 48.8 Å². The number of pyridine rings is 1. The van der Waals surface area contributed by atoms with Gasteiger partial charge in [-0.25, -0.2) is 4.98 Å². The SMILES string of the molecule is Oc1ccc(-c2cnc3[nH]ccc3c2)cc1. The monoisotopic (exact) mass is 210 g/mol. The van der Waals surface area contributed by atoms with Crippen LogP contribution in [-0.4, -0.2) is 15.1 Å². The number of aromatic amines is 1. The number of rotatable bonds is 1. The highest BCUT2D eigenvalue weighted by Crippen LogP contribution is 2.23. The molecule has 1 aromatic carbocycles. The van der Waals surface area contributed by atoms with E-state index in [0.717, 1.165) is 22.2 Å². The van der Waals surface area contributed by atoms with Gasteiger partial charge in [-0.2, -0.15) is 0 Å². The smallest absolute Gasteiger partial charge is 0.137 e. The molecule has 2 N–H and O–H groups in total. The minimum Gasteiger partial charge on any atom is -0.508 e. The Morgan fingerprint density at radius 2 is 1.81 bits per heavy atom. The van der Waals surface area contributed by atoms with Crippen LogP contribution in [0, 0.1) is 0 Å².